The number of hydrogen-bond donors (Lipinski definition) is 1. The van der Waals surface area contributed by atoms with E-state index in [0.717, 1.165) is 22.8 Å². The van der Waals surface area contributed by atoms with Crippen LogP contribution >= 0.6 is 15.9 Å². The molecule has 16 heavy (non-hydrogen) atoms. The smallest absolute Gasteiger partial charge is 0.125 e. The molecule has 0 unspecified atom stereocenters. The highest BCUT2D eigenvalue weighted by molar-refractivity contribution is 9.10. The molecule has 0 spiro atoms. The third kappa shape index (κ3) is 3.78. The second kappa shape index (κ2) is 6.24. The van der Waals surface area contributed by atoms with E-state index in [9.17, 15) is 0 Å². The lowest BCUT2D eigenvalue weighted by Crippen LogP contribution is -2.05. The van der Waals surface area contributed by atoms with E-state index in [2.05, 4.69) is 26.2 Å². The molecule has 1 aliphatic carbocycles. The van der Waals surface area contributed by atoms with E-state index in [4.69, 9.17) is 0 Å². The van der Waals surface area contributed by atoms with E-state index in [0.29, 0.717) is 0 Å². The maximum atomic E-state index is 4.29. The number of hydrogen-bond acceptors (Lipinski definition) is 2. The molecule has 0 bridgehead atoms. The normalized spacial score (nSPS) is 16.6. The first kappa shape index (κ1) is 11.9. The Bertz CT molecular complexity index is 304. The molecule has 0 aromatic carbocycles. The average molecular weight is 283 g/mol. The number of nitrogens with one attached hydrogen (secondary N) is 1. The molecule has 1 aromatic heterocycles. The van der Waals surface area contributed by atoms with Gasteiger partial charge in [-0.1, -0.05) is 25.7 Å². The number of pyridine rings is 1. The van der Waals surface area contributed by atoms with Crippen LogP contribution < -0.4 is 5.32 Å². The summed E-state index contributed by atoms with van der Waals surface area (Å²) >= 11 is 3.38. The van der Waals surface area contributed by atoms with E-state index >= 15 is 0 Å². The standard InChI is InChI=1S/C13H19BrN2/c14-12-7-8-13(16-10-12)15-9-3-6-11-4-1-2-5-11/h7-8,10-11H,1-6,9H2,(H,15,16). The second-order valence-electron chi connectivity index (χ2n) is 4.58. The molecule has 1 heterocycles. The van der Waals surface area contributed by atoms with E-state index in [1.807, 2.05) is 18.3 Å². The fourth-order valence-corrected chi connectivity index (χ4v) is 2.62. The number of anilines is 1. The Morgan fingerprint density at radius 2 is 2.12 bits per heavy atom. The Morgan fingerprint density at radius 1 is 1.31 bits per heavy atom. The number of nitrogens with zero attached hydrogens (tertiary/aromatic N) is 1. The quantitative estimate of drug-likeness (QED) is 0.818. The highest BCUT2D eigenvalue weighted by atomic mass is 79.9. The molecule has 0 saturated heterocycles. The summed E-state index contributed by atoms with van der Waals surface area (Å²) in [5.74, 6) is 1.98. The zero-order valence-electron chi connectivity index (χ0n) is 9.58. The van der Waals surface area contributed by atoms with E-state index in [1.54, 1.807) is 0 Å². The Labute approximate surface area is 106 Å². The molecule has 1 aromatic rings. The maximum absolute atomic E-state index is 4.29. The van der Waals surface area contributed by atoms with Crippen LogP contribution in [0.2, 0.25) is 0 Å². The van der Waals surface area contributed by atoms with Crippen LogP contribution in [0.25, 0.3) is 0 Å². The lowest BCUT2D eigenvalue weighted by Gasteiger charge is -2.09. The summed E-state index contributed by atoms with van der Waals surface area (Å²) in [7, 11) is 0. The van der Waals surface area contributed by atoms with Crippen molar-refractivity contribution in [2.45, 2.75) is 38.5 Å². The van der Waals surface area contributed by atoms with Gasteiger partial charge < -0.3 is 5.32 Å². The molecule has 1 aliphatic rings. The van der Waals surface area contributed by atoms with Crippen molar-refractivity contribution >= 4 is 21.7 Å². The van der Waals surface area contributed by atoms with Gasteiger partial charge in [0.2, 0.25) is 0 Å². The van der Waals surface area contributed by atoms with Crippen molar-refractivity contribution in [1.29, 1.82) is 0 Å². The van der Waals surface area contributed by atoms with Crippen LogP contribution in [0.1, 0.15) is 38.5 Å². The summed E-state index contributed by atoms with van der Waals surface area (Å²) < 4.78 is 1.03. The molecule has 0 radical (unpaired) electrons. The molecule has 1 fully saturated rings. The second-order valence-corrected chi connectivity index (χ2v) is 5.50. The SMILES string of the molecule is Brc1ccc(NCCCC2CCCC2)nc1. The summed E-state index contributed by atoms with van der Waals surface area (Å²) in [5, 5.41) is 3.36. The number of halogens is 1. The zero-order valence-corrected chi connectivity index (χ0v) is 11.2. The van der Waals surface area contributed by atoms with E-state index in [1.165, 1.54) is 38.5 Å². The monoisotopic (exact) mass is 282 g/mol. The Morgan fingerprint density at radius 3 is 2.81 bits per heavy atom. The third-order valence-corrected chi connectivity index (χ3v) is 3.77. The van der Waals surface area contributed by atoms with Gasteiger partial charge >= 0.3 is 0 Å². The van der Waals surface area contributed by atoms with Crippen molar-refractivity contribution < 1.29 is 0 Å². The van der Waals surface area contributed by atoms with Crippen LogP contribution in [0.4, 0.5) is 5.82 Å². The first-order valence-electron chi connectivity index (χ1n) is 6.20. The van der Waals surface area contributed by atoms with Crippen LogP contribution in [0.5, 0.6) is 0 Å². The molecule has 2 nitrogen and oxygen atoms in total. The lowest BCUT2D eigenvalue weighted by atomic mass is 10.0. The van der Waals surface area contributed by atoms with Gasteiger partial charge in [-0.3, -0.25) is 0 Å². The summed E-state index contributed by atoms with van der Waals surface area (Å²) in [5.41, 5.74) is 0. The minimum Gasteiger partial charge on any atom is -0.370 e. The van der Waals surface area contributed by atoms with Gasteiger partial charge in [0, 0.05) is 17.2 Å². The van der Waals surface area contributed by atoms with Gasteiger partial charge in [0.25, 0.3) is 0 Å². The average Bonchev–Trinajstić information content (AvgIpc) is 2.80. The molecule has 1 saturated carbocycles. The fourth-order valence-electron chi connectivity index (χ4n) is 2.39. The zero-order chi connectivity index (χ0) is 11.2. The molecule has 0 aliphatic heterocycles. The molecule has 3 heteroatoms. The summed E-state index contributed by atoms with van der Waals surface area (Å²) in [6, 6.07) is 4.03. The minimum atomic E-state index is 0.981. The van der Waals surface area contributed by atoms with Crippen molar-refractivity contribution in [1.82, 2.24) is 4.98 Å². The molecule has 88 valence electrons. The number of aromatic nitrogens is 1. The van der Waals surface area contributed by atoms with Crippen molar-refractivity contribution in [2.75, 3.05) is 11.9 Å². The Balaban J connectivity index is 1.62. The molecule has 1 N–H and O–H groups in total. The van der Waals surface area contributed by atoms with Crippen molar-refractivity contribution in [2.24, 2.45) is 5.92 Å². The number of rotatable bonds is 5. The summed E-state index contributed by atoms with van der Waals surface area (Å²) in [4.78, 5) is 4.29. The highest BCUT2D eigenvalue weighted by Gasteiger charge is 2.13. The highest BCUT2D eigenvalue weighted by Crippen LogP contribution is 2.28. The van der Waals surface area contributed by atoms with Crippen LogP contribution in [-0.4, -0.2) is 11.5 Å². The fraction of sp³-hybridized carbons (Fsp3) is 0.615. The van der Waals surface area contributed by atoms with Gasteiger partial charge in [-0.05, 0) is 46.8 Å². The lowest BCUT2D eigenvalue weighted by molar-refractivity contribution is 0.491. The molecular weight excluding hydrogens is 264 g/mol. The predicted molar refractivity (Wildman–Crippen MR) is 71.6 cm³/mol. The maximum Gasteiger partial charge on any atom is 0.125 e. The largest absolute Gasteiger partial charge is 0.370 e. The van der Waals surface area contributed by atoms with E-state index < -0.39 is 0 Å². The first-order valence-corrected chi connectivity index (χ1v) is 6.99. The molecule has 0 atom stereocenters. The molecular formula is C13H19BrN2. The first-order chi connectivity index (χ1) is 7.84. The van der Waals surface area contributed by atoms with Gasteiger partial charge in [0.05, 0.1) is 0 Å². The van der Waals surface area contributed by atoms with Crippen molar-refractivity contribution in [3.63, 3.8) is 0 Å². The Kier molecular flexibility index (Phi) is 4.64. The molecule has 0 amide bonds. The van der Waals surface area contributed by atoms with Crippen LogP contribution in [-0.2, 0) is 0 Å². The van der Waals surface area contributed by atoms with Crippen molar-refractivity contribution in [3.05, 3.63) is 22.8 Å². The van der Waals surface area contributed by atoms with E-state index in [-0.39, 0.29) is 0 Å². The minimum absolute atomic E-state index is 0.981. The van der Waals surface area contributed by atoms with Gasteiger partial charge in [-0.2, -0.15) is 0 Å². The van der Waals surface area contributed by atoms with Gasteiger partial charge in [-0.15, -0.1) is 0 Å². The van der Waals surface area contributed by atoms with Crippen LogP contribution in [0.3, 0.4) is 0 Å². The third-order valence-electron chi connectivity index (χ3n) is 3.30. The van der Waals surface area contributed by atoms with Crippen LogP contribution in [0.15, 0.2) is 22.8 Å². The van der Waals surface area contributed by atoms with Crippen LogP contribution in [0, 0.1) is 5.92 Å². The predicted octanol–water partition coefficient (Wildman–Crippen LogP) is 4.23. The van der Waals surface area contributed by atoms with Gasteiger partial charge in [0.15, 0.2) is 0 Å². The van der Waals surface area contributed by atoms with Gasteiger partial charge in [0.1, 0.15) is 5.82 Å². The van der Waals surface area contributed by atoms with Gasteiger partial charge in [-0.25, -0.2) is 4.98 Å². The van der Waals surface area contributed by atoms with Crippen molar-refractivity contribution in [3.8, 4) is 0 Å². The summed E-state index contributed by atoms with van der Waals surface area (Å²) in [6.07, 6.45) is 10.3. The summed E-state index contributed by atoms with van der Waals surface area (Å²) in [6.45, 7) is 1.05. The Hall–Kier alpha value is -0.570. The molecule has 2 rings (SSSR count). The topological polar surface area (TPSA) is 24.9 Å².